The molecule has 5 N–H and O–H groups in total. The molecule has 0 aliphatic rings. The Hall–Kier alpha value is -0.760. The van der Waals surface area contributed by atoms with Gasteiger partial charge in [0, 0.05) is 13.0 Å². The van der Waals surface area contributed by atoms with E-state index in [-0.39, 0.29) is 25.7 Å². The lowest BCUT2D eigenvalue weighted by molar-refractivity contribution is -0.123. The summed E-state index contributed by atoms with van der Waals surface area (Å²) in [6.07, 6.45) is 36.9. The second-order valence-electron chi connectivity index (χ2n) is 13.5. The standard InChI is InChI=1S/C38H77N2O6P/c1-3-5-7-9-11-13-15-16-17-18-19-20-21-22-24-26-28-30-32-38(42)40-36(35-46-47(43,44)45-34-33-39)37(41)31-29-27-25-23-14-12-10-8-6-4-2/h29,31,36-37,41H,3-28,30,32-35,39H2,1-2H3,(H,40,42)(H,43,44)/b31-29+. The first-order chi connectivity index (χ1) is 22.9. The predicted molar refractivity (Wildman–Crippen MR) is 198 cm³/mol. The van der Waals surface area contributed by atoms with Crippen LogP contribution in [0.25, 0.3) is 0 Å². The minimum absolute atomic E-state index is 0.0809. The van der Waals surface area contributed by atoms with E-state index in [1.165, 1.54) is 135 Å². The molecule has 1 amide bonds. The highest BCUT2D eigenvalue weighted by atomic mass is 31.2. The lowest BCUT2D eigenvalue weighted by Crippen LogP contribution is -2.45. The monoisotopic (exact) mass is 689 g/mol. The summed E-state index contributed by atoms with van der Waals surface area (Å²) in [5, 5.41) is 13.6. The van der Waals surface area contributed by atoms with Crippen LogP contribution in [0.5, 0.6) is 0 Å². The van der Waals surface area contributed by atoms with Crippen molar-refractivity contribution in [3.8, 4) is 0 Å². The Balaban J connectivity index is 4.16. The number of nitrogens with one attached hydrogen (secondary N) is 1. The molecular formula is C38H77N2O6P. The molecule has 3 unspecified atom stereocenters. The number of phosphoric acid groups is 1. The molecule has 0 saturated carbocycles. The van der Waals surface area contributed by atoms with Gasteiger partial charge in [-0.3, -0.25) is 13.8 Å². The molecule has 9 heteroatoms. The van der Waals surface area contributed by atoms with Crippen LogP contribution in [0, 0.1) is 0 Å². The lowest BCUT2D eigenvalue weighted by Gasteiger charge is -2.23. The van der Waals surface area contributed by atoms with Crippen LogP contribution in [-0.4, -0.2) is 47.8 Å². The van der Waals surface area contributed by atoms with Crippen molar-refractivity contribution < 1.29 is 28.4 Å². The van der Waals surface area contributed by atoms with E-state index in [1.807, 2.05) is 6.08 Å². The zero-order valence-corrected chi connectivity index (χ0v) is 31.7. The Morgan fingerprint density at radius 2 is 1.09 bits per heavy atom. The number of phosphoric ester groups is 1. The second kappa shape index (κ2) is 35.1. The van der Waals surface area contributed by atoms with Crippen molar-refractivity contribution in [3.63, 3.8) is 0 Å². The third-order valence-corrected chi connectivity index (χ3v) is 9.85. The van der Waals surface area contributed by atoms with Crippen molar-refractivity contribution in [2.24, 2.45) is 5.73 Å². The van der Waals surface area contributed by atoms with E-state index < -0.39 is 20.0 Å². The third kappa shape index (κ3) is 33.5. The number of amides is 1. The van der Waals surface area contributed by atoms with Crippen molar-refractivity contribution in [1.29, 1.82) is 0 Å². The van der Waals surface area contributed by atoms with E-state index in [0.29, 0.717) is 6.42 Å². The number of carbonyl (C=O) groups is 1. The summed E-state index contributed by atoms with van der Waals surface area (Å²) < 4.78 is 22.0. The maximum absolute atomic E-state index is 12.7. The van der Waals surface area contributed by atoms with Gasteiger partial charge in [0.2, 0.25) is 5.91 Å². The molecule has 280 valence electrons. The van der Waals surface area contributed by atoms with Gasteiger partial charge in [-0.2, -0.15) is 0 Å². The molecular weight excluding hydrogens is 611 g/mol. The molecule has 0 rings (SSSR count). The lowest BCUT2D eigenvalue weighted by atomic mass is 10.0. The van der Waals surface area contributed by atoms with Gasteiger partial charge in [0.25, 0.3) is 0 Å². The number of carbonyl (C=O) groups excluding carboxylic acids is 1. The summed E-state index contributed by atoms with van der Waals surface area (Å²) in [4.78, 5) is 22.6. The molecule has 0 radical (unpaired) electrons. The molecule has 0 heterocycles. The van der Waals surface area contributed by atoms with E-state index in [2.05, 4.69) is 19.2 Å². The fraction of sp³-hybridized carbons (Fsp3) is 0.921. The Kier molecular flexibility index (Phi) is 34.5. The quantitative estimate of drug-likeness (QED) is 0.0290. The van der Waals surface area contributed by atoms with Gasteiger partial charge >= 0.3 is 7.82 Å². The molecule has 0 aliphatic heterocycles. The van der Waals surface area contributed by atoms with Crippen molar-refractivity contribution in [2.75, 3.05) is 19.8 Å². The fourth-order valence-corrected chi connectivity index (χ4v) is 6.60. The number of allylic oxidation sites excluding steroid dienone is 1. The van der Waals surface area contributed by atoms with Crippen LogP contribution >= 0.6 is 7.82 Å². The first-order valence-electron chi connectivity index (χ1n) is 19.8. The zero-order valence-electron chi connectivity index (χ0n) is 30.8. The summed E-state index contributed by atoms with van der Waals surface area (Å²) in [7, 11) is -4.32. The van der Waals surface area contributed by atoms with Crippen LogP contribution in [-0.2, 0) is 18.4 Å². The first kappa shape index (κ1) is 46.2. The number of hydrogen-bond acceptors (Lipinski definition) is 6. The Bertz CT molecular complexity index is 754. The molecule has 0 bridgehead atoms. The number of nitrogens with two attached hydrogens (primary N) is 1. The van der Waals surface area contributed by atoms with Gasteiger partial charge in [-0.15, -0.1) is 0 Å². The minimum Gasteiger partial charge on any atom is -0.387 e. The van der Waals surface area contributed by atoms with E-state index in [9.17, 15) is 19.4 Å². The molecule has 0 spiro atoms. The van der Waals surface area contributed by atoms with Crippen LogP contribution in [0.15, 0.2) is 12.2 Å². The summed E-state index contributed by atoms with van der Waals surface area (Å²) in [5.74, 6) is -0.193. The van der Waals surface area contributed by atoms with E-state index in [1.54, 1.807) is 6.08 Å². The van der Waals surface area contributed by atoms with Crippen LogP contribution in [0.1, 0.15) is 194 Å². The molecule has 0 aromatic heterocycles. The van der Waals surface area contributed by atoms with Crippen LogP contribution in [0.3, 0.4) is 0 Å². The summed E-state index contributed by atoms with van der Waals surface area (Å²) in [6.45, 7) is 4.12. The summed E-state index contributed by atoms with van der Waals surface area (Å²) in [6, 6.07) is -0.852. The number of rotatable bonds is 37. The second-order valence-corrected chi connectivity index (χ2v) is 15.0. The largest absolute Gasteiger partial charge is 0.472 e. The van der Waals surface area contributed by atoms with Crippen molar-refractivity contribution in [1.82, 2.24) is 5.32 Å². The van der Waals surface area contributed by atoms with Gasteiger partial charge in [-0.1, -0.05) is 180 Å². The van der Waals surface area contributed by atoms with Crippen LogP contribution < -0.4 is 11.1 Å². The highest BCUT2D eigenvalue weighted by Gasteiger charge is 2.26. The SMILES string of the molecule is CCCCCCCCCC/C=C/C(O)C(COP(=O)(O)OCCN)NC(=O)CCCCCCCCCCCCCCCCCCCC. The molecule has 47 heavy (non-hydrogen) atoms. The number of aliphatic hydroxyl groups excluding tert-OH is 1. The van der Waals surface area contributed by atoms with Gasteiger partial charge < -0.3 is 21.1 Å². The van der Waals surface area contributed by atoms with E-state index >= 15 is 0 Å². The Morgan fingerprint density at radius 1 is 0.681 bits per heavy atom. The number of aliphatic hydroxyl groups is 1. The van der Waals surface area contributed by atoms with Gasteiger partial charge in [0.15, 0.2) is 0 Å². The minimum atomic E-state index is -4.32. The molecule has 0 aromatic rings. The molecule has 8 nitrogen and oxygen atoms in total. The third-order valence-electron chi connectivity index (χ3n) is 8.86. The van der Waals surface area contributed by atoms with E-state index in [4.69, 9.17) is 14.8 Å². The Labute approximate surface area is 290 Å². The average Bonchev–Trinajstić information content (AvgIpc) is 3.05. The average molecular weight is 689 g/mol. The molecule has 0 fully saturated rings. The molecule has 3 atom stereocenters. The highest BCUT2D eigenvalue weighted by molar-refractivity contribution is 7.47. The van der Waals surface area contributed by atoms with Crippen LogP contribution in [0.4, 0.5) is 0 Å². The maximum Gasteiger partial charge on any atom is 0.472 e. The summed E-state index contributed by atoms with van der Waals surface area (Å²) in [5.41, 5.74) is 5.35. The van der Waals surface area contributed by atoms with Crippen molar-refractivity contribution >= 4 is 13.7 Å². The topological polar surface area (TPSA) is 131 Å². The van der Waals surface area contributed by atoms with E-state index in [0.717, 1.165) is 38.5 Å². The number of hydrogen-bond donors (Lipinski definition) is 4. The van der Waals surface area contributed by atoms with Gasteiger partial charge in [-0.05, 0) is 19.3 Å². The van der Waals surface area contributed by atoms with Crippen molar-refractivity contribution in [2.45, 2.75) is 206 Å². The normalized spacial score (nSPS) is 14.4. The predicted octanol–water partition coefficient (Wildman–Crippen LogP) is 10.4. The first-order valence-corrected chi connectivity index (χ1v) is 21.3. The number of unbranched alkanes of at least 4 members (excludes halogenated alkanes) is 25. The smallest absolute Gasteiger partial charge is 0.387 e. The van der Waals surface area contributed by atoms with Gasteiger partial charge in [0.1, 0.15) is 0 Å². The highest BCUT2D eigenvalue weighted by Crippen LogP contribution is 2.43. The Morgan fingerprint density at radius 3 is 1.51 bits per heavy atom. The molecule has 0 saturated heterocycles. The zero-order chi connectivity index (χ0) is 34.7. The molecule has 0 aromatic carbocycles. The fourth-order valence-electron chi connectivity index (χ4n) is 5.84. The summed E-state index contributed by atoms with van der Waals surface area (Å²) >= 11 is 0. The van der Waals surface area contributed by atoms with Gasteiger partial charge in [-0.25, -0.2) is 4.57 Å². The maximum atomic E-state index is 12.7. The van der Waals surface area contributed by atoms with Crippen LogP contribution in [0.2, 0.25) is 0 Å². The van der Waals surface area contributed by atoms with Gasteiger partial charge in [0.05, 0.1) is 25.4 Å². The molecule has 0 aliphatic carbocycles. The van der Waals surface area contributed by atoms with Crippen molar-refractivity contribution in [3.05, 3.63) is 12.2 Å².